The first-order valence-corrected chi connectivity index (χ1v) is 10.4. The highest BCUT2D eigenvalue weighted by Crippen LogP contribution is 2.13. The summed E-state index contributed by atoms with van der Waals surface area (Å²) in [6.07, 6.45) is 2.60. The summed E-state index contributed by atoms with van der Waals surface area (Å²) in [6, 6.07) is 14.0. The second-order valence-electron chi connectivity index (χ2n) is 6.40. The average molecular weight is 373 g/mol. The van der Waals surface area contributed by atoms with Crippen LogP contribution in [0.4, 0.5) is 0 Å². The zero-order valence-electron chi connectivity index (χ0n) is 14.6. The Morgan fingerprint density at radius 1 is 0.962 bits per heavy atom. The zero-order valence-corrected chi connectivity index (χ0v) is 15.4. The molecule has 0 atom stereocenters. The normalized spacial score (nSPS) is 16.2. The van der Waals surface area contributed by atoms with E-state index in [2.05, 4.69) is 9.88 Å². The molecular formula is C19H23N3O3S. The van der Waals surface area contributed by atoms with Crippen molar-refractivity contribution in [1.29, 1.82) is 0 Å². The Hall–Kier alpha value is -2.25. The third-order valence-corrected chi connectivity index (χ3v) is 6.09. The zero-order chi connectivity index (χ0) is 18.4. The van der Waals surface area contributed by atoms with Crippen molar-refractivity contribution in [1.82, 2.24) is 14.8 Å². The van der Waals surface area contributed by atoms with Gasteiger partial charge in [-0.1, -0.05) is 24.3 Å². The summed E-state index contributed by atoms with van der Waals surface area (Å²) in [6.45, 7) is 3.45. The summed E-state index contributed by atoms with van der Waals surface area (Å²) in [5.41, 5.74) is 0.999. The molecule has 1 aliphatic rings. The fraction of sp³-hybridized carbons (Fsp3) is 0.368. The van der Waals surface area contributed by atoms with Gasteiger partial charge in [-0.05, 0) is 30.7 Å². The molecule has 0 saturated carbocycles. The standard InChI is InChI=1S/C19H23N3O3S/c23-19(16-26(24,25)18-8-2-1-3-9-18)22-12-6-11-21(13-14-22)15-17-7-4-5-10-20-17/h1-5,7-10H,6,11-16H2. The molecule has 0 N–H and O–H groups in total. The minimum atomic E-state index is -3.60. The monoisotopic (exact) mass is 373 g/mol. The van der Waals surface area contributed by atoms with Gasteiger partial charge >= 0.3 is 0 Å². The van der Waals surface area contributed by atoms with Crippen LogP contribution in [0.3, 0.4) is 0 Å². The molecule has 26 heavy (non-hydrogen) atoms. The van der Waals surface area contributed by atoms with Crippen molar-refractivity contribution in [3.63, 3.8) is 0 Å². The lowest BCUT2D eigenvalue weighted by molar-refractivity contribution is -0.128. The molecule has 1 aromatic heterocycles. The number of hydrogen-bond donors (Lipinski definition) is 0. The summed E-state index contributed by atoms with van der Waals surface area (Å²) >= 11 is 0. The molecule has 2 aromatic rings. The number of sulfone groups is 1. The van der Waals surface area contributed by atoms with Gasteiger partial charge in [0.1, 0.15) is 5.75 Å². The SMILES string of the molecule is O=C(CS(=O)(=O)c1ccccc1)N1CCCN(Cc2ccccn2)CC1. The Bertz CT molecular complexity index is 826. The minimum Gasteiger partial charge on any atom is -0.340 e. The van der Waals surface area contributed by atoms with Crippen molar-refractivity contribution >= 4 is 15.7 Å². The van der Waals surface area contributed by atoms with Crippen LogP contribution in [0.2, 0.25) is 0 Å². The molecule has 3 rings (SSSR count). The molecule has 138 valence electrons. The van der Waals surface area contributed by atoms with E-state index in [0.717, 1.165) is 25.2 Å². The van der Waals surface area contributed by atoms with Crippen LogP contribution in [0.15, 0.2) is 59.6 Å². The summed E-state index contributed by atoms with van der Waals surface area (Å²) in [5.74, 6) is -0.800. The second-order valence-corrected chi connectivity index (χ2v) is 8.39. The van der Waals surface area contributed by atoms with Gasteiger partial charge in [0.25, 0.3) is 0 Å². The number of carbonyl (C=O) groups excluding carboxylic acids is 1. The Kier molecular flexibility index (Phi) is 6.00. The second kappa shape index (κ2) is 8.42. The van der Waals surface area contributed by atoms with Crippen LogP contribution < -0.4 is 0 Å². The summed E-state index contributed by atoms with van der Waals surface area (Å²) in [7, 11) is -3.60. The Balaban J connectivity index is 1.57. The van der Waals surface area contributed by atoms with E-state index in [1.54, 1.807) is 29.3 Å². The predicted octanol–water partition coefficient (Wildman–Crippen LogP) is 1.59. The number of hydrogen-bond acceptors (Lipinski definition) is 5. The maximum atomic E-state index is 12.5. The van der Waals surface area contributed by atoms with Gasteiger partial charge in [-0.2, -0.15) is 0 Å². The molecule has 1 saturated heterocycles. The molecule has 6 nitrogen and oxygen atoms in total. The Morgan fingerprint density at radius 3 is 2.46 bits per heavy atom. The number of pyridine rings is 1. The van der Waals surface area contributed by atoms with Gasteiger partial charge in [-0.15, -0.1) is 0 Å². The van der Waals surface area contributed by atoms with Gasteiger partial charge in [-0.3, -0.25) is 14.7 Å². The van der Waals surface area contributed by atoms with Crippen molar-refractivity contribution in [2.24, 2.45) is 0 Å². The highest BCUT2D eigenvalue weighted by atomic mass is 32.2. The maximum absolute atomic E-state index is 12.5. The van der Waals surface area contributed by atoms with Crippen LogP contribution in [0.25, 0.3) is 0 Å². The van der Waals surface area contributed by atoms with Crippen LogP contribution in [-0.2, 0) is 21.2 Å². The van der Waals surface area contributed by atoms with Crippen LogP contribution >= 0.6 is 0 Å². The van der Waals surface area contributed by atoms with E-state index in [9.17, 15) is 13.2 Å². The third-order valence-electron chi connectivity index (χ3n) is 4.47. The molecule has 1 amide bonds. The molecule has 0 unspecified atom stereocenters. The predicted molar refractivity (Wildman–Crippen MR) is 99.2 cm³/mol. The van der Waals surface area contributed by atoms with E-state index in [1.165, 1.54) is 12.1 Å². The first-order valence-electron chi connectivity index (χ1n) is 8.72. The molecule has 2 heterocycles. The Morgan fingerprint density at radius 2 is 1.73 bits per heavy atom. The van der Waals surface area contributed by atoms with Crippen molar-refractivity contribution in [3.05, 3.63) is 60.4 Å². The summed E-state index contributed by atoms with van der Waals surface area (Å²) < 4.78 is 24.8. The van der Waals surface area contributed by atoms with E-state index in [-0.39, 0.29) is 10.8 Å². The first-order chi connectivity index (χ1) is 12.5. The minimum absolute atomic E-state index is 0.194. The van der Waals surface area contributed by atoms with Crippen LogP contribution in [0.5, 0.6) is 0 Å². The third kappa shape index (κ3) is 4.89. The van der Waals surface area contributed by atoms with Gasteiger partial charge in [0.05, 0.1) is 10.6 Å². The lowest BCUT2D eigenvalue weighted by Crippen LogP contribution is -2.38. The fourth-order valence-electron chi connectivity index (χ4n) is 3.06. The number of carbonyl (C=O) groups is 1. The molecule has 1 aliphatic heterocycles. The topological polar surface area (TPSA) is 70.6 Å². The molecule has 1 aromatic carbocycles. The van der Waals surface area contributed by atoms with Gasteiger partial charge in [0, 0.05) is 38.9 Å². The van der Waals surface area contributed by atoms with Crippen molar-refractivity contribution < 1.29 is 13.2 Å². The molecule has 0 aliphatic carbocycles. The number of benzene rings is 1. The molecule has 7 heteroatoms. The largest absolute Gasteiger partial charge is 0.340 e. The number of aromatic nitrogens is 1. The van der Waals surface area contributed by atoms with Crippen LogP contribution in [0, 0.1) is 0 Å². The summed E-state index contributed by atoms with van der Waals surface area (Å²) in [4.78, 5) is 21.0. The van der Waals surface area contributed by atoms with E-state index in [4.69, 9.17) is 0 Å². The molecule has 0 spiro atoms. The van der Waals surface area contributed by atoms with E-state index >= 15 is 0 Å². The summed E-state index contributed by atoms with van der Waals surface area (Å²) in [5, 5.41) is 0. The lowest BCUT2D eigenvalue weighted by atomic mass is 10.3. The van der Waals surface area contributed by atoms with Crippen molar-refractivity contribution in [2.45, 2.75) is 17.9 Å². The smallest absolute Gasteiger partial charge is 0.238 e. The highest BCUT2D eigenvalue weighted by Gasteiger charge is 2.25. The quantitative estimate of drug-likeness (QED) is 0.796. The lowest BCUT2D eigenvalue weighted by Gasteiger charge is -2.22. The van der Waals surface area contributed by atoms with E-state index in [1.807, 2.05) is 18.2 Å². The molecule has 0 radical (unpaired) electrons. The van der Waals surface area contributed by atoms with Crippen LogP contribution in [-0.4, -0.2) is 61.0 Å². The number of rotatable bonds is 5. The van der Waals surface area contributed by atoms with E-state index < -0.39 is 15.6 Å². The van der Waals surface area contributed by atoms with E-state index in [0.29, 0.717) is 19.6 Å². The highest BCUT2D eigenvalue weighted by molar-refractivity contribution is 7.92. The van der Waals surface area contributed by atoms with Gasteiger partial charge in [0.15, 0.2) is 9.84 Å². The van der Waals surface area contributed by atoms with Gasteiger partial charge < -0.3 is 4.90 Å². The van der Waals surface area contributed by atoms with Crippen molar-refractivity contribution in [2.75, 3.05) is 31.9 Å². The maximum Gasteiger partial charge on any atom is 0.238 e. The molecular weight excluding hydrogens is 350 g/mol. The van der Waals surface area contributed by atoms with Gasteiger partial charge in [-0.25, -0.2) is 8.42 Å². The van der Waals surface area contributed by atoms with Gasteiger partial charge in [0.2, 0.25) is 5.91 Å². The van der Waals surface area contributed by atoms with Crippen LogP contribution in [0.1, 0.15) is 12.1 Å². The molecule has 0 bridgehead atoms. The number of nitrogens with zero attached hydrogens (tertiary/aromatic N) is 3. The number of amides is 1. The Labute approximate surface area is 154 Å². The average Bonchev–Trinajstić information content (AvgIpc) is 2.89. The molecule has 1 fully saturated rings. The first kappa shape index (κ1) is 18.5. The fourth-order valence-corrected chi connectivity index (χ4v) is 4.31. The van der Waals surface area contributed by atoms with Crippen molar-refractivity contribution in [3.8, 4) is 0 Å².